The van der Waals surface area contributed by atoms with E-state index in [4.69, 9.17) is 0 Å². The fraction of sp³-hybridized carbons (Fsp3) is 0.529. The number of hydrogen-bond acceptors (Lipinski definition) is 4. The van der Waals surface area contributed by atoms with Crippen molar-refractivity contribution in [3.63, 3.8) is 0 Å². The Morgan fingerprint density at radius 3 is 2.32 bits per heavy atom. The molecule has 2 atom stereocenters. The number of H-pyrrole nitrogens is 1. The molecule has 2 aromatic carbocycles. The number of anilines is 2. The van der Waals surface area contributed by atoms with Crippen LogP contribution in [0.4, 0.5) is 11.4 Å². The lowest BCUT2D eigenvalue weighted by Crippen LogP contribution is -2.64. The van der Waals surface area contributed by atoms with E-state index in [1.807, 2.05) is 43.3 Å². The fourth-order valence-corrected chi connectivity index (χ4v) is 7.46. The Bertz CT molecular complexity index is 1440. The minimum Gasteiger partial charge on any atom is -0.378 e. The van der Waals surface area contributed by atoms with Crippen LogP contribution in [0.25, 0.3) is 10.9 Å². The van der Waals surface area contributed by atoms with E-state index in [-0.39, 0.29) is 29.2 Å². The Morgan fingerprint density at radius 2 is 1.68 bits per heavy atom. The average molecular weight is 556 g/mol. The van der Waals surface area contributed by atoms with E-state index in [9.17, 15) is 9.59 Å². The average Bonchev–Trinajstić information content (AvgIpc) is 3.82. The number of aromatic nitrogens is 1. The number of hydrogen-bond donors (Lipinski definition) is 2. The van der Waals surface area contributed by atoms with Gasteiger partial charge in [0.2, 0.25) is 11.8 Å². The molecule has 0 unspecified atom stereocenters. The highest BCUT2D eigenvalue weighted by Crippen LogP contribution is 2.67. The van der Waals surface area contributed by atoms with Crippen molar-refractivity contribution in [3.8, 4) is 0 Å². The minimum absolute atomic E-state index is 0.0248. The summed E-state index contributed by atoms with van der Waals surface area (Å²) in [6.45, 7) is 8.36. The maximum atomic E-state index is 14.4. The van der Waals surface area contributed by atoms with E-state index in [1.165, 1.54) is 16.6 Å². The van der Waals surface area contributed by atoms with Crippen LogP contribution < -0.4 is 10.2 Å². The predicted octanol–water partition coefficient (Wildman–Crippen LogP) is 5.77. The van der Waals surface area contributed by atoms with Gasteiger partial charge in [0, 0.05) is 67.6 Å². The topological polar surface area (TPSA) is 71.7 Å². The number of benzene rings is 2. The second kappa shape index (κ2) is 10.2. The van der Waals surface area contributed by atoms with E-state index in [0.717, 1.165) is 42.8 Å². The highest BCUT2D eigenvalue weighted by molar-refractivity contribution is 6.01. The summed E-state index contributed by atoms with van der Waals surface area (Å²) in [5.41, 5.74) is 4.78. The number of likely N-dealkylation sites (tertiary alicyclic amines) is 1. The SMILES string of the molecule is Cc1[nH]c2ccccc2c1[C@@H]1[C@H](CC(=O)N(C2CC2)C2(C(=O)Nc3ccc(N(C)C)cc3)CCN(C)CC2)C1(C)C. The first-order valence-corrected chi connectivity index (χ1v) is 15.2. The summed E-state index contributed by atoms with van der Waals surface area (Å²) < 4.78 is 0. The summed E-state index contributed by atoms with van der Waals surface area (Å²) in [7, 11) is 6.11. The van der Waals surface area contributed by atoms with E-state index in [0.29, 0.717) is 25.2 Å². The van der Waals surface area contributed by atoms with E-state index >= 15 is 0 Å². The maximum Gasteiger partial charge on any atom is 0.250 e. The van der Waals surface area contributed by atoms with Gasteiger partial charge in [0.1, 0.15) is 5.54 Å². The Morgan fingerprint density at radius 1 is 1.02 bits per heavy atom. The van der Waals surface area contributed by atoms with Gasteiger partial charge in [-0.05, 0) is 92.8 Å². The number of aromatic amines is 1. The molecule has 2 N–H and O–H groups in total. The molecule has 6 rings (SSSR count). The molecule has 3 fully saturated rings. The van der Waals surface area contributed by atoms with Crippen LogP contribution in [0.2, 0.25) is 0 Å². The third-order valence-corrected chi connectivity index (χ3v) is 10.2. The van der Waals surface area contributed by atoms with Gasteiger partial charge in [-0.1, -0.05) is 32.0 Å². The van der Waals surface area contributed by atoms with Gasteiger partial charge < -0.3 is 25.0 Å². The number of carbonyl (C=O) groups is 2. The lowest BCUT2D eigenvalue weighted by Gasteiger charge is -2.47. The molecule has 1 aliphatic heterocycles. The number of nitrogens with zero attached hydrogens (tertiary/aromatic N) is 3. The molecule has 218 valence electrons. The molecule has 7 heteroatoms. The Labute approximate surface area is 244 Å². The van der Waals surface area contributed by atoms with Gasteiger partial charge in [0.25, 0.3) is 0 Å². The third kappa shape index (κ3) is 4.92. The maximum absolute atomic E-state index is 14.4. The second-order valence-corrected chi connectivity index (χ2v) is 13.5. The largest absolute Gasteiger partial charge is 0.378 e. The van der Waals surface area contributed by atoms with Crippen molar-refractivity contribution in [3.05, 3.63) is 59.8 Å². The molecular weight excluding hydrogens is 510 g/mol. The van der Waals surface area contributed by atoms with E-state index < -0.39 is 5.54 Å². The Hall–Kier alpha value is -3.32. The molecule has 0 bridgehead atoms. The van der Waals surface area contributed by atoms with Crippen LogP contribution in [-0.2, 0) is 9.59 Å². The fourth-order valence-electron chi connectivity index (χ4n) is 7.46. The van der Waals surface area contributed by atoms with Gasteiger partial charge in [-0.2, -0.15) is 0 Å². The van der Waals surface area contributed by atoms with E-state index in [1.54, 1.807) is 0 Å². The minimum atomic E-state index is -0.823. The molecular formula is C34H45N5O2. The molecule has 0 radical (unpaired) electrons. The van der Waals surface area contributed by atoms with Gasteiger partial charge in [-0.3, -0.25) is 9.59 Å². The molecule has 2 saturated carbocycles. The van der Waals surface area contributed by atoms with Crippen LogP contribution in [0.3, 0.4) is 0 Å². The molecule has 0 spiro atoms. The first kappa shape index (κ1) is 27.8. The summed E-state index contributed by atoms with van der Waals surface area (Å²) in [5.74, 6) is 0.677. The van der Waals surface area contributed by atoms with Crippen molar-refractivity contribution >= 4 is 34.1 Å². The number of rotatable bonds is 8. The van der Waals surface area contributed by atoms with Crippen molar-refractivity contribution in [1.29, 1.82) is 0 Å². The second-order valence-electron chi connectivity index (χ2n) is 13.5. The molecule has 2 amide bonds. The van der Waals surface area contributed by atoms with Crippen LogP contribution in [-0.4, -0.2) is 72.4 Å². The van der Waals surface area contributed by atoms with Crippen molar-refractivity contribution in [2.75, 3.05) is 44.4 Å². The van der Waals surface area contributed by atoms with Gasteiger partial charge in [-0.25, -0.2) is 0 Å². The first-order valence-electron chi connectivity index (χ1n) is 15.2. The van der Waals surface area contributed by atoms with E-state index in [2.05, 4.69) is 72.2 Å². The zero-order valence-electron chi connectivity index (χ0n) is 25.5. The van der Waals surface area contributed by atoms with Crippen LogP contribution >= 0.6 is 0 Å². The molecule has 1 saturated heterocycles. The summed E-state index contributed by atoms with van der Waals surface area (Å²) in [4.78, 5) is 38.6. The molecule has 41 heavy (non-hydrogen) atoms. The number of para-hydroxylation sites is 1. The summed E-state index contributed by atoms with van der Waals surface area (Å²) in [5, 5.41) is 4.49. The third-order valence-electron chi connectivity index (χ3n) is 10.2. The van der Waals surface area contributed by atoms with Crippen LogP contribution in [0, 0.1) is 18.3 Å². The first-order chi connectivity index (χ1) is 19.5. The number of aryl methyl sites for hydroxylation is 1. The van der Waals surface area contributed by atoms with Gasteiger partial charge in [0.05, 0.1) is 0 Å². The normalized spacial score (nSPS) is 23.3. The number of fused-ring (bicyclic) bond motifs is 1. The number of nitrogens with one attached hydrogen (secondary N) is 2. The Kier molecular flexibility index (Phi) is 6.92. The molecule has 3 aliphatic rings. The van der Waals surface area contributed by atoms with Crippen molar-refractivity contribution in [2.24, 2.45) is 11.3 Å². The van der Waals surface area contributed by atoms with Crippen molar-refractivity contribution in [1.82, 2.24) is 14.8 Å². The van der Waals surface area contributed by atoms with Gasteiger partial charge in [0.15, 0.2) is 0 Å². The summed E-state index contributed by atoms with van der Waals surface area (Å²) in [6.07, 6.45) is 3.76. The summed E-state index contributed by atoms with van der Waals surface area (Å²) >= 11 is 0. The molecule has 2 aliphatic carbocycles. The number of carbonyl (C=O) groups excluding carboxylic acids is 2. The number of piperidine rings is 1. The molecule has 3 aromatic rings. The van der Waals surface area contributed by atoms with Crippen LogP contribution in [0.5, 0.6) is 0 Å². The highest BCUT2D eigenvalue weighted by Gasteiger charge is 2.61. The summed E-state index contributed by atoms with van der Waals surface area (Å²) in [6, 6.07) is 16.6. The molecule has 2 heterocycles. The smallest absolute Gasteiger partial charge is 0.250 e. The Balaban J connectivity index is 1.27. The molecule has 1 aromatic heterocycles. The van der Waals surface area contributed by atoms with Crippen molar-refractivity contribution < 1.29 is 9.59 Å². The molecule has 7 nitrogen and oxygen atoms in total. The standard InChI is InChI=1S/C34H45N5O2/c1-22-30(26-9-7-8-10-28(26)35-22)31-27(33(31,2)3)21-29(40)39(25-15-16-25)34(17-19-38(6)20-18-34)32(41)36-23-11-13-24(14-12-23)37(4)5/h7-14,25,27,31,35H,15-21H2,1-6H3,(H,36,41)/t27-,31-/m0/s1. The quantitative estimate of drug-likeness (QED) is 0.370. The highest BCUT2D eigenvalue weighted by atomic mass is 16.2. The zero-order valence-corrected chi connectivity index (χ0v) is 25.5. The number of amides is 2. The van der Waals surface area contributed by atoms with Gasteiger partial charge >= 0.3 is 0 Å². The van der Waals surface area contributed by atoms with Gasteiger partial charge in [-0.15, -0.1) is 0 Å². The lowest BCUT2D eigenvalue weighted by atomic mass is 9.83. The predicted molar refractivity (Wildman–Crippen MR) is 166 cm³/mol. The van der Waals surface area contributed by atoms with Crippen molar-refractivity contribution in [2.45, 2.75) is 70.4 Å². The zero-order chi connectivity index (χ0) is 29.1. The lowest BCUT2D eigenvalue weighted by molar-refractivity contribution is -0.150. The van der Waals surface area contributed by atoms with Crippen LogP contribution in [0.15, 0.2) is 48.5 Å². The monoisotopic (exact) mass is 555 g/mol. The van der Waals surface area contributed by atoms with Crippen LogP contribution in [0.1, 0.15) is 63.1 Å².